The van der Waals surface area contributed by atoms with Crippen LogP contribution in [0.5, 0.6) is 5.75 Å². The van der Waals surface area contributed by atoms with Crippen molar-refractivity contribution in [2.45, 2.75) is 57.5 Å². The third kappa shape index (κ3) is 5.14. The van der Waals surface area contributed by atoms with Gasteiger partial charge < -0.3 is 20.1 Å². The quantitative estimate of drug-likeness (QED) is 0.681. The SMILES string of the molecule is CCn1nccc1-c1ccc(CNC(=O)C2CC(O)CN2C)c(OC2CCN(C)CC2)c1. The summed E-state index contributed by atoms with van der Waals surface area (Å²) in [7, 11) is 4.02. The minimum absolute atomic E-state index is 0.0533. The van der Waals surface area contributed by atoms with Crippen LogP contribution in [0.15, 0.2) is 30.5 Å². The fourth-order valence-electron chi connectivity index (χ4n) is 4.66. The fraction of sp³-hybridized carbons (Fsp3) is 0.583. The van der Waals surface area contributed by atoms with Crippen LogP contribution in [0.25, 0.3) is 11.3 Å². The number of β-amino-alcohol motifs (C(OH)–C–C–N with tert-alkyl or cyclic N) is 1. The number of hydrogen-bond donors (Lipinski definition) is 2. The van der Waals surface area contributed by atoms with Gasteiger partial charge in [0.2, 0.25) is 5.91 Å². The molecule has 2 atom stereocenters. The molecular weight excluding hydrogens is 406 g/mol. The van der Waals surface area contributed by atoms with E-state index in [0.717, 1.165) is 55.0 Å². The number of likely N-dealkylation sites (N-methyl/N-ethyl adjacent to an activating group) is 1. The summed E-state index contributed by atoms with van der Waals surface area (Å²) < 4.78 is 8.45. The van der Waals surface area contributed by atoms with E-state index in [1.807, 2.05) is 35.0 Å². The maximum absolute atomic E-state index is 12.7. The summed E-state index contributed by atoms with van der Waals surface area (Å²) in [5.41, 5.74) is 3.07. The molecule has 4 rings (SSSR count). The molecule has 174 valence electrons. The zero-order valence-electron chi connectivity index (χ0n) is 19.3. The Morgan fingerprint density at radius 2 is 2.03 bits per heavy atom. The number of nitrogens with zero attached hydrogens (tertiary/aromatic N) is 4. The second-order valence-electron chi connectivity index (χ2n) is 9.04. The molecule has 2 unspecified atom stereocenters. The molecule has 1 aromatic heterocycles. The van der Waals surface area contributed by atoms with Crippen molar-refractivity contribution in [3.63, 3.8) is 0 Å². The number of hydrogen-bond acceptors (Lipinski definition) is 6. The summed E-state index contributed by atoms with van der Waals surface area (Å²) in [6.07, 6.45) is 4.00. The Balaban J connectivity index is 1.52. The van der Waals surface area contributed by atoms with E-state index in [4.69, 9.17) is 4.74 Å². The first-order chi connectivity index (χ1) is 15.4. The van der Waals surface area contributed by atoms with Crippen LogP contribution >= 0.6 is 0 Å². The number of piperidine rings is 1. The number of carbonyl (C=O) groups is 1. The highest BCUT2D eigenvalue weighted by Gasteiger charge is 2.33. The number of nitrogens with one attached hydrogen (secondary N) is 1. The van der Waals surface area contributed by atoms with Crippen molar-refractivity contribution < 1.29 is 14.6 Å². The van der Waals surface area contributed by atoms with Crippen molar-refractivity contribution in [2.75, 3.05) is 33.7 Å². The van der Waals surface area contributed by atoms with E-state index in [0.29, 0.717) is 19.5 Å². The summed E-state index contributed by atoms with van der Waals surface area (Å²) in [4.78, 5) is 17.0. The standard InChI is InChI=1S/C24H35N5O3/c1-4-29-21(7-10-26-29)17-5-6-18(15-25-24(31)22-14-19(30)16-28(22)3)23(13-17)32-20-8-11-27(2)12-9-20/h5-7,10,13,19-20,22,30H,4,8-9,11-12,14-16H2,1-3H3,(H,25,31). The number of rotatable bonds is 7. The molecule has 1 amide bonds. The van der Waals surface area contributed by atoms with E-state index in [1.165, 1.54) is 0 Å². The molecule has 32 heavy (non-hydrogen) atoms. The highest BCUT2D eigenvalue weighted by atomic mass is 16.5. The van der Waals surface area contributed by atoms with Crippen LogP contribution in [-0.2, 0) is 17.9 Å². The van der Waals surface area contributed by atoms with Crippen molar-refractivity contribution >= 4 is 5.91 Å². The second kappa shape index (κ2) is 10.0. The first-order valence-electron chi connectivity index (χ1n) is 11.6. The highest BCUT2D eigenvalue weighted by Crippen LogP contribution is 2.30. The van der Waals surface area contributed by atoms with Gasteiger partial charge in [0.05, 0.1) is 17.8 Å². The molecule has 0 saturated carbocycles. The highest BCUT2D eigenvalue weighted by molar-refractivity contribution is 5.82. The minimum atomic E-state index is -0.443. The van der Waals surface area contributed by atoms with Crippen molar-refractivity contribution in [3.8, 4) is 17.0 Å². The van der Waals surface area contributed by atoms with E-state index in [2.05, 4.69) is 41.4 Å². The Labute approximate surface area is 190 Å². The molecule has 2 aromatic rings. The van der Waals surface area contributed by atoms with Crippen LogP contribution in [0.3, 0.4) is 0 Å². The average Bonchev–Trinajstić information content (AvgIpc) is 3.39. The van der Waals surface area contributed by atoms with Crippen LogP contribution < -0.4 is 10.1 Å². The van der Waals surface area contributed by atoms with Gasteiger partial charge in [0, 0.05) is 50.0 Å². The molecule has 3 heterocycles. The molecule has 0 aliphatic carbocycles. The van der Waals surface area contributed by atoms with E-state index in [9.17, 15) is 9.90 Å². The lowest BCUT2D eigenvalue weighted by molar-refractivity contribution is -0.125. The Hall–Kier alpha value is -2.42. The van der Waals surface area contributed by atoms with Gasteiger partial charge in [0.25, 0.3) is 0 Å². The van der Waals surface area contributed by atoms with Gasteiger partial charge in [-0.05, 0) is 52.4 Å². The molecule has 0 radical (unpaired) electrons. The predicted octanol–water partition coefficient (Wildman–Crippen LogP) is 1.72. The van der Waals surface area contributed by atoms with Gasteiger partial charge >= 0.3 is 0 Å². The summed E-state index contributed by atoms with van der Waals surface area (Å²) in [6.45, 7) is 5.85. The fourth-order valence-corrected chi connectivity index (χ4v) is 4.66. The topological polar surface area (TPSA) is 82.9 Å². The number of aryl methyl sites for hydroxylation is 1. The molecule has 8 heteroatoms. The van der Waals surface area contributed by atoms with Crippen molar-refractivity contribution in [3.05, 3.63) is 36.0 Å². The van der Waals surface area contributed by atoms with Crippen LogP contribution in [0.1, 0.15) is 31.7 Å². The molecule has 2 saturated heterocycles. The number of aromatic nitrogens is 2. The molecule has 2 N–H and O–H groups in total. The Kier molecular flexibility index (Phi) is 7.13. The van der Waals surface area contributed by atoms with Crippen molar-refractivity contribution in [2.24, 2.45) is 0 Å². The molecule has 2 fully saturated rings. The third-order valence-corrected chi connectivity index (χ3v) is 6.62. The van der Waals surface area contributed by atoms with Gasteiger partial charge in [0.1, 0.15) is 11.9 Å². The first kappa shape index (κ1) is 22.8. The number of ether oxygens (including phenoxy) is 1. The van der Waals surface area contributed by atoms with Gasteiger partial charge in [-0.3, -0.25) is 14.4 Å². The van der Waals surface area contributed by atoms with Crippen molar-refractivity contribution in [1.29, 1.82) is 0 Å². The largest absolute Gasteiger partial charge is 0.490 e. The number of aliphatic hydroxyl groups is 1. The van der Waals surface area contributed by atoms with Crippen LogP contribution in [0.4, 0.5) is 0 Å². The maximum Gasteiger partial charge on any atom is 0.237 e. The number of benzene rings is 1. The minimum Gasteiger partial charge on any atom is -0.490 e. The van der Waals surface area contributed by atoms with Crippen LogP contribution in [-0.4, -0.2) is 82.6 Å². The molecular formula is C24H35N5O3. The zero-order chi connectivity index (χ0) is 22.7. The lowest BCUT2D eigenvalue weighted by Crippen LogP contribution is -2.41. The van der Waals surface area contributed by atoms with Gasteiger partial charge in [-0.1, -0.05) is 12.1 Å². The molecule has 8 nitrogen and oxygen atoms in total. The summed E-state index contributed by atoms with van der Waals surface area (Å²) >= 11 is 0. The first-order valence-corrected chi connectivity index (χ1v) is 11.6. The lowest BCUT2D eigenvalue weighted by atomic mass is 10.1. The zero-order valence-corrected chi connectivity index (χ0v) is 19.3. The van der Waals surface area contributed by atoms with Crippen molar-refractivity contribution in [1.82, 2.24) is 24.9 Å². The molecule has 1 aromatic carbocycles. The Morgan fingerprint density at radius 3 is 2.72 bits per heavy atom. The predicted molar refractivity (Wildman–Crippen MR) is 123 cm³/mol. The van der Waals surface area contributed by atoms with E-state index in [-0.39, 0.29) is 18.1 Å². The second-order valence-corrected chi connectivity index (χ2v) is 9.04. The van der Waals surface area contributed by atoms with Gasteiger partial charge in [-0.2, -0.15) is 5.10 Å². The van der Waals surface area contributed by atoms with Gasteiger partial charge in [-0.15, -0.1) is 0 Å². The number of likely N-dealkylation sites (tertiary alicyclic amines) is 2. The van der Waals surface area contributed by atoms with Gasteiger partial charge in [0.15, 0.2) is 0 Å². The molecule has 2 aliphatic rings. The van der Waals surface area contributed by atoms with Gasteiger partial charge in [-0.25, -0.2) is 0 Å². The summed E-state index contributed by atoms with van der Waals surface area (Å²) in [6, 6.07) is 7.91. The third-order valence-electron chi connectivity index (χ3n) is 6.62. The Morgan fingerprint density at radius 1 is 1.25 bits per heavy atom. The summed E-state index contributed by atoms with van der Waals surface area (Å²) in [5, 5.41) is 17.3. The smallest absolute Gasteiger partial charge is 0.237 e. The van der Waals surface area contributed by atoms with E-state index in [1.54, 1.807) is 0 Å². The maximum atomic E-state index is 12.7. The Bertz CT molecular complexity index is 922. The molecule has 2 aliphatic heterocycles. The lowest BCUT2D eigenvalue weighted by Gasteiger charge is -2.30. The van der Waals surface area contributed by atoms with Crippen LogP contribution in [0.2, 0.25) is 0 Å². The van der Waals surface area contributed by atoms with Crippen LogP contribution in [0, 0.1) is 0 Å². The molecule has 0 spiro atoms. The number of aliphatic hydroxyl groups excluding tert-OH is 1. The summed E-state index contributed by atoms with van der Waals surface area (Å²) in [5.74, 6) is 0.767. The monoisotopic (exact) mass is 441 g/mol. The van der Waals surface area contributed by atoms with E-state index < -0.39 is 6.10 Å². The number of amides is 1. The normalized spacial score (nSPS) is 22.9. The molecule has 0 bridgehead atoms. The average molecular weight is 442 g/mol. The van der Waals surface area contributed by atoms with E-state index >= 15 is 0 Å². The number of carbonyl (C=O) groups excluding carboxylic acids is 1.